The van der Waals surface area contributed by atoms with E-state index in [2.05, 4.69) is 15.7 Å². The van der Waals surface area contributed by atoms with E-state index >= 15 is 0 Å². The van der Waals surface area contributed by atoms with Crippen LogP contribution in [0.4, 0.5) is 4.79 Å². The van der Waals surface area contributed by atoms with Crippen molar-refractivity contribution in [3.8, 4) is 0 Å². The Morgan fingerprint density at radius 2 is 1.72 bits per heavy atom. The highest BCUT2D eigenvalue weighted by molar-refractivity contribution is 6.30. The number of alkyl carbamates (subject to hydrolysis) is 1. The summed E-state index contributed by atoms with van der Waals surface area (Å²) in [5, 5.41) is 10.6. The van der Waals surface area contributed by atoms with E-state index in [1.54, 1.807) is 49.7 Å². The number of benzene rings is 1. The normalized spacial score (nSPS) is 11.4. The van der Waals surface area contributed by atoms with E-state index in [1.165, 1.54) is 0 Å². The first-order valence-electron chi connectivity index (χ1n) is 12.9. The molecular formula is C29H38ClN5O4. The average molecular weight is 556 g/mol. The third-order valence-electron chi connectivity index (χ3n) is 6.56. The summed E-state index contributed by atoms with van der Waals surface area (Å²) in [6.45, 7) is 12.1. The average Bonchev–Trinajstić information content (AvgIpc) is 3.08. The summed E-state index contributed by atoms with van der Waals surface area (Å²) in [5.74, 6) is -0.280. The number of aryl methyl sites for hydroxylation is 4. The van der Waals surface area contributed by atoms with Gasteiger partial charge in [-0.05, 0) is 88.4 Å². The molecule has 9 nitrogen and oxygen atoms in total. The molecular weight excluding hydrogens is 518 g/mol. The van der Waals surface area contributed by atoms with Crippen molar-refractivity contribution in [3.05, 3.63) is 85.0 Å². The van der Waals surface area contributed by atoms with Crippen molar-refractivity contribution in [1.29, 1.82) is 0 Å². The number of halogens is 1. The van der Waals surface area contributed by atoms with Crippen molar-refractivity contribution < 1.29 is 14.3 Å². The molecule has 0 atom stereocenters. The van der Waals surface area contributed by atoms with Gasteiger partial charge in [0.05, 0.1) is 12.1 Å². The highest BCUT2D eigenvalue weighted by Crippen LogP contribution is 2.17. The molecule has 0 fully saturated rings. The smallest absolute Gasteiger partial charge is 0.407 e. The highest BCUT2D eigenvalue weighted by Gasteiger charge is 2.17. The molecule has 2 aromatic heterocycles. The molecule has 0 aliphatic heterocycles. The van der Waals surface area contributed by atoms with E-state index in [-0.39, 0.29) is 31.0 Å². The maximum absolute atomic E-state index is 13.2. The first-order chi connectivity index (χ1) is 18.2. The van der Waals surface area contributed by atoms with E-state index < -0.39 is 11.7 Å². The van der Waals surface area contributed by atoms with Crippen LogP contribution in [0.1, 0.15) is 60.0 Å². The molecule has 0 radical (unpaired) electrons. The molecule has 0 spiro atoms. The van der Waals surface area contributed by atoms with Crippen molar-refractivity contribution in [2.45, 2.75) is 79.6 Å². The fourth-order valence-corrected chi connectivity index (χ4v) is 4.54. The van der Waals surface area contributed by atoms with E-state index in [4.69, 9.17) is 16.3 Å². The minimum absolute atomic E-state index is 0.0392. The number of hydrogen-bond donors (Lipinski definition) is 2. The highest BCUT2D eigenvalue weighted by atomic mass is 35.5. The topological polar surface area (TPSA) is 107 Å². The SMILES string of the molecule is Cc1ccn(CCc2c(C)nn(C)c2C)c(=O)c1CC(=O)NCc1cc(Cl)ccc1CNC(=O)OC(C)(C)C. The molecule has 210 valence electrons. The largest absolute Gasteiger partial charge is 0.444 e. The number of pyridine rings is 1. The van der Waals surface area contributed by atoms with Gasteiger partial charge in [0.25, 0.3) is 5.56 Å². The van der Waals surface area contributed by atoms with Crippen molar-refractivity contribution in [3.63, 3.8) is 0 Å². The summed E-state index contributed by atoms with van der Waals surface area (Å²) in [6, 6.07) is 7.14. The van der Waals surface area contributed by atoms with Crippen LogP contribution in [0.15, 0.2) is 35.3 Å². The van der Waals surface area contributed by atoms with Gasteiger partial charge in [-0.15, -0.1) is 0 Å². The van der Waals surface area contributed by atoms with E-state index in [0.717, 1.165) is 33.6 Å². The Hall–Kier alpha value is -3.59. The van der Waals surface area contributed by atoms with Gasteiger partial charge in [-0.3, -0.25) is 14.3 Å². The standard InChI is InChI=1S/C29H38ClN5O4/c1-18-10-12-35(13-11-24-19(2)33-34(7)20(24)3)27(37)25(18)15-26(36)31-17-22-14-23(30)9-8-21(22)16-32-28(38)39-29(4,5)6/h8-10,12,14H,11,13,15-17H2,1-7H3,(H,31,36)(H,32,38). The van der Waals surface area contributed by atoms with Crippen LogP contribution in [0.3, 0.4) is 0 Å². The third kappa shape index (κ3) is 8.20. The number of aromatic nitrogens is 3. The molecule has 0 saturated heterocycles. The number of hydrogen-bond acceptors (Lipinski definition) is 5. The van der Waals surface area contributed by atoms with Crippen LogP contribution < -0.4 is 16.2 Å². The second kappa shape index (κ2) is 12.5. The summed E-state index contributed by atoms with van der Waals surface area (Å²) >= 11 is 6.19. The van der Waals surface area contributed by atoms with Crippen LogP contribution in [0, 0.1) is 20.8 Å². The van der Waals surface area contributed by atoms with E-state index in [1.807, 2.05) is 38.6 Å². The zero-order valence-electron chi connectivity index (χ0n) is 23.8. The Bertz CT molecular complexity index is 1420. The molecule has 0 saturated carbocycles. The van der Waals surface area contributed by atoms with Crippen LogP contribution in [-0.2, 0) is 49.1 Å². The molecule has 0 bridgehead atoms. The van der Waals surface area contributed by atoms with Gasteiger partial charge in [0.2, 0.25) is 5.91 Å². The maximum Gasteiger partial charge on any atom is 0.407 e. The zero-order chi connectivity index (χ0) is 28.9. The fourth-order valence-electron chi connectivity index (χ4n) is 4.34. The lowest BCUT2D eigenvalue weighted by molar-refractivity contribution is -0.120. The minimum atomic E-state index is -0.605. The van der Waals surface area contributed by atoms with Gasteiger partial charge in [-0.1, -0.05) is 17.7 Å². The summed E-state index contributed by atoms with van der Waals surface area (Å²) in [7, 11) is 1.91. The van der Waals surface area contributed by atoms with Crippen LogP contribution >= 0.6 is 11.6 Å². The fraction of sp³-hybridized carbons (Fsp3) is 0.448. The molecule has 10 heteroatoms. The Morgan fingerprint density at radius 1 is 1.03 bits per heavy atom. The van der Waals surface area contributed by atoms with Crippen LogP contribution in [-0.4, -0.2) is 31.9 Å². The number of nitrogens with zero attached hydrogens (tertiary/aromatic N) is 3. The third-order valence-corrected chi connectivity index (χ3v) is 6.80. The number of nitrogens with one attached hydrogen (secondary N) is 2. The predicted molar refractivity (Wildman–Crippen MR) is 152 cm³/mol. The number of rotatable bonds is 9. The number of ether oxygens (including phenoxy) is 1. The Labute approximate surface area is 234 Å². The second-order valence-corrected chi connectivity index (χ2v) is 11.2. The molecule has 2 heterocycles. The summed E-state index contributed by atoms with van der Waals surface area (Å²) in [5.41, 5.74) is 5.17. The zero-order valence-corrected chi connectivity index (χ0v) is 24.5. The van der Waals surface area contributed by atoms with Crippen molar-refractivity contribution >= 4 is 23.6 Å². The second-order valence-electron chi connectivity index (χ2n) is 10.7. The van der Waals surface area contributed by atoms with Crippen LogP contribution in [0.5, 0.6) is 0 Å². The number of carbonyl (C=O) groups excluding carboxylic acids is 2. The van der Waals surface area contributed by atoms with E-state index in [9.17, 15) is 14.4 Å². The number of carbonyl (C=O) groups is 2. The lowest BCUT2D eigenvalue weighted by atomic mass is 10.1. The minimum Gasteiger partial charge on any atom is -0.444 e. The summed E-state index contributed by atoms with van der Waals surface area (Å²) in [4.78, 5) is 38.2. The predicted octanol–water partition coefficient (Wildman–Crippen LogP) is 4.29. The monoisotopic (exact) mass is 555 g/mol. The molecule has 39 heavy (non-hydrogen) atoms. The Morgan fingerprint density at radius 3 is 2.36 bits per heavy atom. The van der Waals surface area contributed by atoms with Gasteiger partial charge in [-0.25, -0.2) is 4.79 Å². The Balaban J connectivity index is 1.66. The summed E-state index contributed by atoms with van der Waals surface area (Å²) in [6.07, 6.45) is 1.88. The number of amides is 2. The van der Waals surface area contributed by atoms with Crippen LogP contribution in [0.2, 0.25) is 5.02 Å². The lowest BCUT2D eigenvalue weighted by Crippen LogP contribution is -2.33. The summed E-state index contributed by atoms with van der Waals surface area (Å²) < 4.78 is 8.79. The quantitative estimate of drug-likeness (QED) is 0.410. The van der Waals surface area contributed by atoms with Gasteiger partial charge in [0.15, 0.2) is 0 Å². The molecule has 1 aromatic carbocycles. The van der Waals surface area contributed by atoms with Crippen molar-refractivity contribution in [1.82, 2.24) is 25.0 Å². The van der Waals surface area contributed by atoms with Gasteiger partial charge in [0.1, 0.15) is 5.60 Å². The molecule has 0 aliphatic carbocycles. The van der Waals surface area contributed by atoms with Gasteiger partial charge >= 0.3 is 6.09 Å². The molecule has 3 rings (SSSR count). The van der Waals surface area contributed by atoms with Crippen molar-refractivity contribution in [2.75, 3.05) is 0 Å². The first kappa shape index (κ1) is 30.0. The molecule has 2 amide bonds. The molecule has 0 aliphatic rings. The van der Waals surface area contributed by atoms with Gasteiger partial charge in [-0.2, -0.15) is 5.10 Å². The molecule has 2 N–H and O–H groups in total. The first-order valence-corrected chi connectivity index (χ1v) is 13.3. The van der Waals surface area contributed by atoms with Gasteiger partial charge in [0, 0.05) is 49.2 Å². The molecule has 3 aromatic rings. The van der Waals surface area contributed by atoms with Crippen molar-refractivity contribution in [2.24, 2.45) is 7.05 Å². The van der Waals surface area contributed by atoms with Gasteiger partial charge < -0.3 is 19.9 Å². The van der Waals surface area contributed by atoms with E-state index in [0.29, 0.717) is 23.6 Å². The van der Waals surface area contributed by atoms with Crippen LogP contribution in [0.25, 0.3) is 0 Å². The maximum atomic E-state index is 13.2. The molecule has 0 unspecified atom stereocenters. The Kier molecular flexibility index (Phi) is 9.61. The lowest BCUT2D eigenvalue weighted by Gasteiger charge is -2.20.